The van der Waals surface area contributed by atoms with E-state index in [1.54, 1.807) is 18.2 Å². The third kappa shape index (κ3) is 3.15. The van der Waals surface area contributed by atoms with Gasteiger partial charge in [0, 0.05) is 12.1 Å². The molecule has 0 radical (unpaired) electrons. The van der Waals surface area contributed by atoms with Gasteiger partial charge in [0.1, 0.15) is 0 Å². The second-order valence-electron chi connectivity index (χ2n) is 5.03. The maximum Gasteiger partial charge on any atom is 0.248 e. The number of rotatable bonds is 5. The molecule has 0 atom stereocenters. The summed E-state index contributed by atoms with van der Waals surface area (Å²) in [6.45, 7) is 0.900. The van der Waals surface area contributed by atoms with E-state index in [1.165, 1.54) is 32.1 Å². The lowest BCUT2D eigenvalue weighted by molar-refractivity contribution is 0.100. The van der Waals surface area contributed by atoms with Gasteiger partial charge in [-0.1, -0.05) is 25.7 Å². The molecule has 1 saturated carbocycles. The van der Waals surface area contributed by atoms with E-state index in [9.17, 15) is 4.79 Å². The zero-order chi connectivity index (χ0) is 13.0. The highest BCUT2D eigenvalue weighted by molar-refractivity contribution is 5.94. The first-order chi connectivity index (χ1) is 8.66. The summed E-state index contributed by atoms with van der Waals surface area (Å²) in [5.41, 5.74) is 13.1. The number of primary amides is 1. The first-order valence-corrected chi connectivity index (χ1v) is 6.60. The van der Waals surface area contributed by atoms with Crippen molar-refractivity contribution < 1.29 is 4.79 Å². The van der Waals surface area contributed by atoms with Gasteiger partial charge in [0.05, 0.1) is 11.4 Å². The number of hydrogen-bond donors (Lipinski definition) is 3. The van der Waals surface area contributed by atoms with Crippen molar-refractivity contribution in [3.05, 3.63) is 23.8 Å². The van der Waals surface area contributed by atoms with Crippen LogP contribution in [-0.4, -0.2) is 12.5 Å². The fourth-order valence-corrected chi connectivity index (χ4v) is 2.57. The van der Waals surface area contributed by atoms with E-state index >= 15 is 0 Å². The van der Waals surface area contributed by atoms with Gasteiger partial charge in [-0.15, -0.1) is 0 Å². The quantitative estimate of drug-likeness (QED) is 0.699. The Balaban J connectivity index is 1.91. The molecule has 0 aromatic heterocycles. The van der Waals surface area contributed by atoms with Gasteiger partial charge in [0.15, 0.2) is 0 Å². The SMILES string of the molecule is NC(=O)c1ccc(N)c(NCCC2CCCC2)c1. The highest BCUT2D eigenvalue weighted by Crippen LogP contribution is 2.28. The van der Waals surface area contributed by atoms with Gasteiger partial charge in [0.2, 0.25) is 5.91 Å². The van der Waals surface area contributed by atoms with Crippen LogP contribution in [0.3, 0.4) is 0 Å². The Kier molecular flexibility index (Phi) is 4.07. The Morgan fingerprint density at radius 1 is 1.33 bits per heavy atom. The predicted molar refractivity (Wildman–Crippen MR) is 74.4 cm³/mol. The molecule has 1 aliphatic rings. The van der Waals surface area contributed by atoms with Crippen LogP contribution in [0.4, 0.5) is 11.4 Å². The number of carbonyl (C=O) groups is 1. The Morgan fingerprint density at radius 2 is 2.06 bits per heavy atom. The molecule has 1 aliphatic carbocycles. The monoisotopic (exact) mass is 247 g/mol. The van der Waals surface area contributed by atoms with E-state index in [0.717, 1.165) is 18.2 Å². The maximum atomic E-state index is 11.1. The summed E-state index contributed by atoms with van der Waals surface area (Å²) in [7, 11) is 0. The van der Waals surface area contributed by atoms with Crippen molar-refractivity contribution >= 4 is 17.3 Å². The molecule has 4 heteroatoms. The molecule has 1 aromatic carbocycles. The molecule has 18 heavy (non-hydrogen) atoms. The number of nitrogens with one attached hydrogen (secondary N) is 1. The highest BCUT2D eigenvalue weighted by Gasteiger charge is 2.14. The number of carbonyl (C=O) groups excluding carboxylic acids is 1. The molecule has 1 aromatic rings. The second-order valence-corrected chi connectivity index (χ2v) is 5.03. The zero-order valence-corrected chi connectivity index (χ0v) is 10.6. The molecule has 2 rings (SSSR count). The summed E-state index contributed by atoms with van der Waals surface area (Å²) in [5.74, 6) is 0.423. The lowest BCUT2D eigenvalue weighted by Crippen LogP contribution is -2.13. The molecule has 4 nitrogen and oxygen atoms in total. The summed E-state index contributed by atoms with van der Waals surface area (Å²) in [4.78, 5) is 11.1. The number of nitrogen functional groups attached to an aromatic ring is 1. The maximum absolute atomic E-state index is 11.1. The Bertz CT molecular complexity index is 425. The van der Waals surface area contributed by atoms with Crippen LogP contribution < -0.4 is 16.8 Å². The van der Waals surface area contributed by atoms with Crippen molar-refractivity contribution in [2.75, 3.05) is 17.6 Å². The van der Waals surface area contributed by atoms with Gasteiger partial charge in [0.25, 0.3) is 0 Å². The minimum absolute atomic E-state index is 0.422. The first kappa shape index (κ1) is 12.7. The summed E-state index contributed by atoms with van der Waals surface area (Å²) >= 11 is 0. The minimum atomic E-state index is -0.422. The third-order valence-electron chi connectivity index (χ3n) is 3.68. The molecular weight excluding hydrogens is 226 g/mol. The number of anilines is 2. The van der Waals surface area contributed by atoms with Crippen molar-refractivity contribution in [1.82, 2.24) is 0 Å². The van der Waals surface area contributed by atoms with E-state index in [1.807, 2.05) is 0 Å². The van der Waals surface area contributed by atoms with Crippen LogP contribution in [0.5, 0.6) is 0 Å². The molecule has 98 valence electrons. The van der Waals surface area contributed by atoms with Crippen molar-refractivity contribution in [1.29, 1.82) is 0 Å². The summed E-state index contributed by atoms with van der Waals surface area (Å²) in [6.07, 6.45) is 6.59. The van der Waals surface area contributed by atoms with E-state index in [4.69, 9.17) is 11.5 Å². The zero-order valence-electron chi connectivity index (χ0n) is 10.6. The topological polar surface area (TPSA) is 81.1 Å². The standard InChI is InChI=1S/C14H21N3O/c15-12-6-5-11(14(16)18)9-13(12)17-8-7-10-3-1-2-4-10/h5-6,9-10,17H,1-4,7-8,15H2,(H2,16,18). The van der Waals surface area contributed by atoms with Crippen molar-refractivity contribution in [2.45, 2.75) is 32.1 Å². The summed E-state index contributed by atoms with van der Waals surface area (Å²) < 4.78 is 0. The predicted octanol–water partition coefficient (Wildman–Crippen LogP) is 2.36. The Hall–Kier alpha value is -1.71. The minimum Gasteiger partial charge on any atom is -0.397 e. The average molecular weight is 247 g/mol. The van der Waals surface area contributed by atoms with E-state index in [0.29, 0.717) is 11.3 Å². The molecule has 1 amide bonds. The highest BCUT2D eigenvalue weighted by atomic mass is 16.1. The number of amides is 1. The van der Waals surface area contributed by atoms with Gasteiger partial charge in [-0.05, 0) is 30.5 Å². The Labute approximate surface area is 108 Å². The Morgan fingerprint density at radius 3 is 2.72 bits per heavy atom. The van der Waals surface area contributed by atoms with Gasteiger partial charge < -0.3 is 16.8 Å². The molecule has 0 bridgehead atoms. The van der Waals surface area contributed by atoms with Crippen LogP contribution >= 0.6 is 0 Å². The molecule has 0 unspecified atom stereocenters. The molecule has 0 heterocycles. The van der Waals surface area contributed by atoms with Gasteiger partial charge >= 0.3 is 0 Å². The second kappa shape index (κ2) is 5.76. The number of benzene rings is 1. The van der Waals surface area contributed by atoms with Crippen LogP contribution in [0.15, 0.2) is 18.2 Å². The fourth-order valence-electron chi connectivity index (χ4n) is 2.57. The first-order valence-electron chi connectivity index (χ1n) is 6.60. The van der Waals surface area contributed by atoms with Crippen LogP contribution in [-0.2, 0) is 0 Å². The van der Waals surface area contributed by atoms with Gasteiger partial charge in [-0.3, -0.25) is 4.79 Å². The number of nitrogens with two attached hydrogens (primary N) is 2. The average Bonchev–Trinajstić information content (AvgIpc) is 2.84. The van der Waals surface area contributed by atoms with Crippen molar-refractivity contribution in [3.63, 3.8) is 0 Å². The van der Waals surface area contributed by atoms with Gasteiger partial charge in [-0.2, -0.15) is 0 Å². The summed E-state index contributed by atoms with van der Waals surface area (Å²) in [6, 6.07) is 5.10. The molecule has 1 fully saturated rings. The fraction of sp³-hybridized carbons (Fsp3) is 0.500. The van der Waals surface area contributed by atoms with E-state index in [2.05, 4.69) is 5.32 Å². The van der Waals surface area contributed by atoms with Gasteiger partial charge in [-0.25, -0.2) is 0 Å². The van der Waals surface area contributed by atoms with Crippen LogP contribution in [0.2, 0.25) is 0 Å². The molecule has 5 N–H and O–H groups in total. The molecule has 0 aliphatic heterocycles. The van der Waals surface area contributed by atoms with Crippen molar-refractivity contribution in [2.24, 2.45) is 11.7 Å². The molecule has 0 saturated heterocycles. The van der Waals surface area contributed by atoms with Crippen LogP contribution in [0.25, 0.3) is 0 Å². The lowest BCUT2D eigenvalue weighted by atomic mass is 10.0. The summed E-state index contributed by atoms with van der Waals surface area (Å²) in [5, 5.41) is 3.30. The van der Waals surface area contributed by atoms with Crippen LogP contribution in [0.1, 0.15) is 42.5 Å². The molecule has 0 spiro atoms. The number of hydrogen-bond acceptors (Lipinski definition) is 3. The van der Waals surface area contributed by atoms with Crippen LogP contribution in [0, 0.1) is 5.92 Å². The smallest absolute Gasteiger partial charge is 0.248 e. The van der Waals surface area contributed by atoms with Crippen molar-refractivity contribution in [3.8, 4) is 0 Å². The van der Waals surface area contributed by atoms with E-state index < -0.39 is 5.91 Å². The van der Waals surface area contributed by atoms with E-state index in [-0.39, 0.29) is 0 Å². The largest absolute Gasteiger partial charge is 0.397 e. The molecular formula is C14H21N3O. The lowest BCUT2D eigenvalue weighted by Gasteiger charge is -2.13. The third-order valence-corrected chi connectivity index (χ3v) is 3.68. The normalized spacial score (nSPS) is 15.8.